The van der Waals surface area contributed by atoms with Crippen molar-refractivity contribution in [3.8, 4) is 0 Å². The van der Waals surface area contributed by atoms with Crippen LogP contribution >= 0.6 is 15.9 Å². The van der Waals surface area contributed by atoms with Gasteiger partial charge in [-0.2, -0.15) is 0 Å². The van der Waals surface area contributed by atoms with Crippen molar-refractivity contribution in [1.82, 2.24) is 4.90 Å². The molecule has 0 spiro atoms. The molecule has 15 heavy (non-hydrogen) atoms. The second kappa shape index (κ2) is 4.62. The van der Waals surface area contributed by atoms with E-state index in [4.69, 9.17) is 0 Å². The number of hydrogen-bond acceptors (Lipinski definition) is 1. The fourth-order valence-corrected chi connectivity index (χ4v) is 2.64. The zero-order valence-electron chi connectivity index (χ0n) is 8.84. The molecule has 1 nitrogen and oxygen atoms in total. The van der Waals surface area contributed by atoms with E-state index in [1.807, 2.05) is 6.07 Å². The molecular weight excluding hydrogens is 257 g/mol. The third kappa shape index (κ3) is 3.02. The molecular formula is C12H15BrFN. The van der Waals surface area contributed by atoms with E-state index in [0.717, 1.165) is 35.6 Å². The zero-order chi connectivity index (χ0) is 10.8. The average molecular weight is 272 g/mol. The van der Waals surface area contributed by atoms with Gasteiger partial charge in [-0.1, -0.05) is 22.9 Å². The Labute approximate surface area is 98.4 Å². The Balaban J connectivity index is 2.04. The largest absolute Gasteiger partial charge is 0.299 e. The van der Waals surface area contributed by atoms with Crippen LogP contribution in [0.3, 0.4) is 0 Å². The first-order valence-corrected chi connectivity index (χ1v) is 6.10. The Bertz CT molecular complexity index is 333. The highest BCUT2D eigenvalue weighted by Gasteiger charge is 2.18. The predicted octanol–water partition coefficient (Wildman–Crippen LogP) is 3.43. The van der Waals surface area contributed by atoms with Crippen molar-refractivity contribution < 1.29 is 4.39 Å². The first-order valence-electron chi connectivity index (χ1n) is 5.31. The molecule has 1 unspecified atom stereocenters. The quantitative estimate of drug-likeness (QED) is 0.797. The van der Waals surface area contributed by atoms with Gasteiger partial charge in [0.15, 0.2) is 0 Å². The molecule has 1 fully saturated rings. The average Bonchev–Trinajstić information content (AvgIpc) is 2.49. The number of halogens is 2. The van der Waals surface area contributed by atoms with E-state index in [1.165, 1.54) is 12.5 Å². The maximum absolute atomic E-state index is 13.1. The summed E-state index contributed by atoms with van der Waals surface area (Å²) in [7, 11) is 0. The molecule has 1 aromatic rings. The Kier molecular flexibility index (Phi) is 3.42. The van der Waals surface area contributed by atoms with Gasteiger partial charge in [-0.25, -0.2) is 4.39 Å². The maximum atomic E-state index is 13.1. The van der Waals surface area contributed by atoms with Crippen LogP contribution in [0.4, 0.5) is 4.39 Å². The predicted molar refractivity (Wildman–Crippen MR) is 63.2 cm³/mol. The SMILES string of the molecule is CC1CCN(Cc2cc(F)cc(Br)c2)C1. The van der Waals surface area contributed by atoms with Crippen molar-refractivity contribution in [1.29, 1.82) is 0 Å². The molecule has 1 saturated heterocycles. The van der Waals surface area contributed by atoms with Gasteiger partial charge < -0.3 is 0 Å². The van der Waals surface area contributed by atoms with Gasteiger partial charge in [0.25, 0.3) is 0 Å². The highest BCUT2D eigenvalue weighted by Crippen LogP contribution is 2.20. The Morgan fingerprint density at radius 3 is 2.87 bits per heavy atom. The summed E-state index contributed by atoms with van der Waals surface area (Å²) in [6.07, 6.45) is 1.26. The molecule has 1 aliphatic rings. The highest BCUT2D eigenvalue weighted by atomic mass is 79.9. The van der Waals surface area contributed by atoms with Crippen LogP contribution in [0, 0.1) is 11.7 Å². The third-order valence-corrected chi connectivity index (χ3v) is 3.29. The molecule has 0 N–H and O–H groups in total. The third-order valence-electron chi connectivity index (χ3n) is 2.84. The summed E-state index contributed by atoms with van der Waals surface area (Å²) < 4.78 is 14.0. The number of likely N-dealkylation sites (tertiary alicyclic amines) is 1. The molecule has 3 heteroatoms. The van der Waals surface area contributed by atoms with Crippen LogP contribution < -0.4 is 0 Å². The lowest BCUT2D eigenvalue weighted by atomic mass is 10.2. The van der Waals surface area contributed by atoms with Gasteiger partial charge in [0, 0.05) is 17.6 Å². The zero-order valence-corrected chi connectivity index (χ0v) is 10.4. The molecule has 0 radical (unpaired) electrons. The normalized spacial score (nSPS) is 22.2. The van der Waals surface area contributed by atoms with Crippen molar-refractivity contribution in [2.75, 3.05) is 13.1 Å². The van der Waals surface area contributed by atoms with E-state index in [1.54, 1.807) is 6.07 Å². The molecule has 1 aliphatic heterocycles. The minimum absolute atomic E-state index is 0.161. The van der Waals surface area contributed by atoms with E-state index in [-0.39, 0.29) is 5.82 Å². The van der Waals surface area contributed by atoms with Gasteiger partial charge in [-0.3, -0.25) is 4.90 Å². The summed E-state index contributed by atoms with van der Waals surface area (Å²) in [4.78, 5) is 2.38. The minimum Gasteiger partial charge on any atom is -0.299 e. The van der Waals surface area contributed by atoms with Crippen LogP contribution in [0.25, 0.3) is 0 Å². The van der Waals surface area contributed by atoms with Crippen molar-refractivity contribution in [2.45, 2.75) is 19.9 Å². The second-order valence-corrected chi connectivity index (χ2v) is 5.32. The number of nitrogens with zero attached hydrogens (tertiary/aromatic N) is 1. The summed E-state index contributed by atoms with van der Waals surface area (Å²) in [6, 6.07) is 5.11. The summed E-state index contributed by atoms with van der Waals surface area (Å²) in [5.41, 5.74) is 1.05. The summed E-state index contributed by atoms with van der Waals surface area (Å²) in [5.74, 6) is 0.619. The molecule has 1 aromatic carbocycles. The smallest absolute Gasteiger partial charge is 0.124 e. The van der Waals surface area contributed by atoms with E-state index >= 15 is 0 Å². The van der Waals surface area contributed by atoms with Crippen LogP contribution in [0.1, 0.15) is 18.9 Å². The van der Waals surface area contributed by atoms with Gasteiger partial charge in [-0.15, -0.1) is 0 Å². The second-order valence-electron chi connectivity index (χ2n) is 4.41. The van der Waals surface area contributed by atoms with Crippen LogP contribution in [0.15, 0.2) is 22.7 Å². The molecule has 0 amide bonds. The van der Waals surface area contributed by atoms with Gasteiger partial charge in [0.1, 0.15) is 5.82 Å². The molecule has 0 aliphatic carbocycles. The van der Waals surface area contributed by atoms with E-state index in [9.17, 15) is 4.39 Å². The van der Waals surface area contributed by atoms with E-state index in [2.05, 4.69) is 27.8 Å². The number of rotatable bonds is 2. The van der Waals surface area contributed by atoms with Gasteiger partial charge in [0.2, 0.25) is 0 Å². The first kappa shape index (κ1) is 11.1. The summed E-state index contributed by atoms with van der Waals surface area (Å²) in [5, 5.41) is 0. The fourth-order valence-electron chi connectivity index (χ4n) is 2.13. The van der Waals surface area contributed by atoms with Crippen LogP contribution in [-0.4, -0.2) is 18.0 Å². The highest BCUT2D eigenvalue weighted by molar-refractivity contribution is 9.10. The van der Waals surface area contributed by atoms with Crippen LogP contribution in [-0.2, 0) is 6.54 Å². The van der Waals surface area contributed by atoms with E-state index < -0.39 is 0 Å². The Morgan fingerprint density at radius 2 is 2.27 bits per heavy atom. The van der Waals surface area contributed by atoms with Gasteiger partial charge in [0.05, 0.1) is 0 Å². The van der Waals surface area contributed by atoms with Gasteiger partial charge >= 0.3 is 0 Å². The topological polar surface area (TPSA) is 3.24 Å². The van der Waals surface area contributed by atoms with Gasteiger partial charge in [-0.05, 0) is 42.6 Å². The molecule has 0 aromatic heterocycles. The summed E-state index contributed by atoms with van der Waals surface area (Å²) in [6.45, 7) is 5.39. The lowest BCUT2D eigenvalue weighted by Gasteiger charge is -2.15. The van der Waals surface area contributed by atoms with Crippen LogP contribution in [0.5, 0.6) is 0 Å². The molecule has 1 atom stereocenters. The van der Waals surface area contributed by atoms with Crippen molar-refractivity contribution in [2.24, 2.45) is 5.92 Å². The van der Waals surface area contributed by atoms with Crippen LogP contribution in [0.2, 0.25) is 0 Å². The fraction of sp³-hybridized carbons (Fsp3) is 0.500. The standard InChI is InChI=1S/C12H15BrFN/c1-9-2-3-15(7-9)8-10-4-11(13)6-12(14)5-10/h4-6,9H,2-3,7-8H2,1H3. The van der Waals surface area contributed by atoms with Crippen molar-refractivity contribution in [3.63, 3.8) is 0 Å². The molecule has 0 bridgehead atoms. The van der Waals surface area contributed by atoms with Crippen molar-refractivity contribution >= 4 is 15.9 Å². The lowest BCUT2D eigenvalue weighted by molar-refractivity contribution is 0.320. The molecule has 82 valence electrons. The Hall–Kier alpha value is -0.410. The van der Waals surface area contributed by atoms with Crippen molar-refractivity contribution in [3.05, 3.63) is 34.1 Å². The first-order chi connectivity index (χ1) is 7.13. The minimum atomic E-state index is -0.161. The number of benzene rings is 1. The maximum Gasteiger partial charge on any atom is 0.124 e. The molecule has 2 rings (SSSR count). The molecule has 1 heterocycles. The monoisotopic (exact) mass is 271 g/mol. The molecule has 0 saturated carbocycles. The lowest BCUT2D eigenvalue weighted by Crippen LogP contribution is -2.19. The van der Waals surface area contributed by atoms with E-state index in [0.29, 0.717) is 0 Å². The summed E-state index contributed by atoms with van der Waals surface area (Å²) >= 11 is 3.32. The number of hydrogen-bond donors (Lipinski definition) is 0. The Morgan fingerprint density at radius 1 is 1.47 bits per heavy atom.